The molecule has 1 aromatic rings. The number of alkyl halides is 3. The summed E-state index contributed by atoms with van der Waals surface area (Å²) in [7, 11) is 0. The van der Waals surface area contributed by atoms with Crippen LogP contribution in [-0.2, 0) is 11.0 Å². The van der Waals surface area contributed by atoms with Gasteiger partial charge < -0.3 is 15.1 Å². The van der Waals surface area contributed by atoms with Crippen LogP contribution >= 0.6 is 0 Å². The quantitative estimate of drug-likeness (QED) is 0.451. The molecule has 4 nitrogen and oxygen atoms in total. The zero-order valence-electron chi connectivity index (χ0n) is 21.4. The summed E-state index contributed by atoms with van der Waals surface area (Å²) >= 11 is 0. The SMILES string of the molecule is CCCC(CCC)CNC1CC2CCCC2(C(=O)N2CCN(c3cccc(C(F)(F)F)c3)CC2)C1. The number of nitrogens with one attached hydrogen (secondary N) is 1. The number of hydrogen-bond donors (Lipinski definition) is 1. The molecule has 3 atom stereocenters. The molecule has 7 heteroatoms. The van der Waals surface area contributed by atoms with E-state index in [9.17, 15) is 18.0 Å². The fourth-order valence-corrected chi connectivity index (χ4v) is 7.01. The lowest BCUT2D eigenvalue weighted by Gasteiger charge is -2.41. The molecule has 3 aliphatic rings. The van der Waals surface area contributed by atoms with Gasteiger partial charge in [-0.2, -0.15) is 13.2 Å². The summed E-state index contributed by atoms with van der Waals surface area (Å²) in [6, 6.07) is 5.96. The fraction of sp³-hybridized carbons (Fsp3) is 0.750. The minimum Gasteiger partial charge on any atom is -0.368 e. The average Bonchev–Trinajstić information content (AvgIpc) is 3.40. The van der Waals surface area contributed by atoms with Gasteiger partial charge >= 0.3 is 6.18 Å². The number of carbonyl (C=O) groups is 1. The Morgan fingerprint density at radius 2 is 1.86 bits per heavy atom. The van der Waals surface area contributed by atoms with Crippen LogP contribution < -0.4 is 10.2 Å². The number of halogens is 3. The van der Waals surface area contributed by atoms with Gasteiger partial charge in [0.25, 0.3) is 0 Å². The van der Waals surface area contributed by atoms with Gasteiger partial charge in [0.2, 0.25) is 5.91 Å². The second-order valence-corrected chi connectivity index (χ2v) is 11.1. The number of nitrogens with zero attached hydrogens (tertiary/aromatic N) is 2. The maximum absolute atomic E-state index is 13.9. The van der Waals surface area contributed by atoms with Crippen LogP contribution in [0.25, 0.3) is 0 Å². The molecule has 1 aliphatic heterocycles. The van der Waals surface area contributed by atoms with Crippen LogP contribution in [0.1, 0.15) is 77.2 Å². The molecule has 1 amide bonds. The van der Waals surface area contributed by atoms with E-state index in [0.29, 0.717) is 49.7 Å². The number of piperazine rings is 1. The predicted octanol–water partition coefficient (Wildman–Crippen LogP) is 6.11. The molecule has 2 saturated carbocycles. The lowest BCUT2D eigenvalue weighted by atomic mass is 9.78. The maximum atomic E-state index is 13.9. The number of benzene rings is 1. The van der Waals surface area contributed by atoms with E-state index in [1.165, 1.54) is 37.8 Å². The van der Waals surface area contributed by atoms with Crippen molar-refractivity contribution in [3.63, 3.8) is 0 Å². The third kappa shape index (κ3) is 5.81. The molecular formula is C28H42F3N3O. The van der Waals surface area contributed by atoms with E-state index in [1.807, 2.05) is 9.80 Å². The van der Waals surface area contributed by atoms with Crippen molar-refractivity contribution in [1.82, 2.24) is 10.2 Å². The summed E-state index contributed by atoms with van der Waals surface area (Å²) in [5.41, 5.74) is -0.269. The van der Waals surface area contributed by atoms with Crippen molar-refractivity contribution in [2.24, 2.45) is 17.3 Å². The molecule has 0 aromatic heterocycles. The molecule has 4 rings (SSSR count). The summed E-state index contributed by atoms with van der Waals surface area (Å²) in [6.07, 6.45) is 5.90. The minimum atomic E-state index is -4.34. The van der Waals surface area contributed by atoms with Gasteiger partial charge in [0.15, 0.2) is 0 Å². The molecule has 1 N–H and O–H groups in total. The summed E-state index contributed by atoms with van der Waals surface area (Å²) < 4.78 is 39.4. The number of hydrogen-bond acceptors (Lipinski definition) is 3. The zero-order chi connectivity index (χ0) is 25.1. The van der Waals surface area contributed by atoms with Crippen LogP contribution in [0.2, 0.25) is 0 Å². The van der Waals surface area contributed by atoms with Gasteiger partial charge in [0.1, 0.15) is 0 Å². The van der Waals surface area contributed by atoms with E-state index in [4.69, 9.17) is 0 Å². The van der Waals surface area contributed by atoms with E-state index in [2.05, 4.69) is 19.2 Å². The smallest absolute Gasteiger partial charge is 0.368 e. The van der Waals surface area contributed by atoms with E-state index >= 15 is 0 Å². The molecular weight excluding hydrogens is 451 g/mol. The molecule has 196 valence electrons. The second kappa shape index (κ2) is 11.1. The van der Waals surface area contributed by atoms with Gasteiger partial charge in [-0.25, -0.2) is 0 Å². The predicted molar refractivity (Wildman–Crippen MR) is 134 cm³/mol. The molecule has 2 aliphatic carbocycles. The Balaban J connectivity index is 1.35. The van der Waals surface area contributed by atoms with Gasteiger partial charge in [0, 0.05) is 37.9 Å². The highest BCUT2D eigenvalue weighted by molar-refractivity contribution is 5.84. The lowest BCUT2D eigenvalue weighted by molar-refractivity contribution is -0.143. The highest BCUT2D eigenvalue weighted by Gasteiger charge is 2.56. The monoisotopic (exact) mass is 493 g/mol. The number of fused-ring (bicyclic) bond motifs is 1. The highest BCUT2D eigenvalue weighted by atomic mass is 19.4. The van der Waals surface area contributed by atoms with Crippen LogP contribution in [0.4, 0.5) is 18.9 Å². The normalized spacial score (nSPS) is 27.0. The fourth-order valence-electron chi connectivity index (χ4n) is 7.01. The Hall–Kier alpha value is -1.76. The third-order valence-electron chi connectivity index (χ3n) is 8.76. The van der Waals surface area contributed by atoms with Crippen LogP contribution in [0.5, 0.6) is 0 Å². The summed E-state index contributed by atoms with van der Waals surface area (Å²) in [5.74, 6) is 1.48. The first-order chi connectivity index (χ1) is 16.8. The largest absolute Gasteiger partial charge is 0.416 e. The van der Waals surface area contributed by atoms with Gasteiger partial charge in [-0.05, 0) is 75.1 Å². The van der Waals surface area contributed by atoms with Crippen molar-refractivity contribution in [2.45, 2.75) is 83.9 Å². The molecule has 0 bridgehead atoms. The van der Waals surface area contributed by atoms with Crippen LogP contribution in [0, 0.1) is 17.3 Å². The molecule has 35 heavy (non-hydrogen) atoms. The summed E-state index contributed by atoms with van der Waals surface area (Å²) in [4.78, 5) is 17.8. The maximum Gasteiger partial charge on any atom is 0.416 e. The Morgan fingerprint density at radius 3 is 2.51 bits per heavy atom. The average molecular weight is 494 g/mol. The van der Waals surface area contributed by atoms with Gasteiger partial charge in [-0.15, -0.1) is 0 Å². The van der Waals surface area contributed by atoms with Gasteiger partial charge in [-0.3, -0.25) is 4.79 Å². The van der Waals surface area contributed by atoms with Crippen molar-refractivity contribution in [1.29, 1.82) is 0 Å². The van der Waals surface area contributed by atoms with Crippen molar-refractivity contribution in [3.8, 4) is 0 Å². The Bertz CT molecular complexity index is 846. The molecule has 1 aromatic carbocycles. The zero-order valence-corrected chi connectivity index (χ0v) is 21.4. The van der Waals surface area contributed by atoms with Crippen LogP contribution in [0.3, 0.4) is 0 Å². The number of amides is 1. The van der Waals surface area contributed by atoms with E-state index < -0.39 is 11.7 Å². The molecule has 0 radical (unpaired) electrons. The Labute approximate surface area is 208 Å². The molecule has 0 spiro atoms. The first-order valence-electron chi connectivity index (χ1n) is 13.7. The summed E-state index contributed by atoms with van der Waals surface area (Å²) in [6.45, 7) is 7.87. The van der Waals surface area contributed by atoms with Crippen LogP contribution in [-0.4, -0.2) is 49.6 Å². The van der Waals surface area contributed by atoms with Crippen molar-refractivity contribution >= 4 is 11.6 Å². The van der Waals surface area contributed by atoms with Crippen molar-refractivity contribution in [2.75, 3.05) is 37.6 Å². The molecule has 1 saturated heterocycles. The van der Waals surface area contributed by atoms with E-state index in [1.54, 1.807) is 6.07 Å². The molecule has 3 fully saturated rings. The van der Waals surface area contributed by atoms with E-state index in [0.717, 1.165) is 50.6 Å². The third-order valence-corrected chi connectivity index (χ3v) is 8.76. The first-order valence-corrected chi connectivity index (χ1v) is 13.7. The lowest BCUT2D eigenvalue weighted by Crippen LogP contribution is -2.53. The Morgan fingerprint density at radius 1 is 1.14 bits per heavy atom. The van der Waals surface area contributed by atoms with Crippen molar-refractivity contribution in [3.05, 3.63) is 29.8 Å². The van der Waals surface area contributed by atoms with Gasteiger partial charge in [0.05, 0.1) is 11.0 Å². The minimum absolute atomic E-state index is 0.235. The second-order valence-electron chi connectivity index (χ2n) is 11.1. The first kappa shape index (κ1) is 26.3. The topological polar surface area (TPSA) is 35.6 Å². The molecule has 3 unspecified atom stereocenters. The van der Waals surface area contributed by atoms with Gasteiger partial charge in [-0.1, -0.05) is 39.2 Å². The number of rotatable bonds is 9. The number of anilines is 1. The van der Waals surface area contributed by atoms with Crippen LogP contribution in [0.15, 0.2) is 24.3 Å². The van der Waals surface area contributed by atoms with Crippen molar-refractivity contribution < 1.29 is 18.0 Å². The number of carbonyl (C=O) groups excluding carboxylic acids is 1. The summed E-state index contributed by atoms with van der Waals surface area (Å²) in [5, 5.41) is 3.84. The molecule has 1 heterocycles. The standard InChI is InChI=1S/C28H42F3N3O/c1-3-7-21(8-4-2)20-32-24-17-22-10-6-12-27(22,19-24)26(35)34-15-13-33(14-16-34)25-11-5-9-23(18-25)28(29,30)31/h5,9,11,18,21-22,24,32H,3-4,6-8,10,12-17,19-20H2,1-2H3. The Kier molecular flexibility index (Phi) is 8.34. The highest BCUT2D eigenvalue weighted by Crippen LogP contribution is 2.55. The van der Waals surface area contributed by atoms with E-state index in [-0.39, 0.29) is 5.41 Å².